The molecule has 1 aliphatic heterocycles. The molecule has 1 fully saturated rings. The van der Waals surface area contributed by atoms with Gasteiger partial charge in [-0.1, -0.05) is 11.6 Å². The van der Waals surface area contributed by atoms with Crippen LogP contribution in [0.1, 0.15) is 51.4 Å². The molecular weight excluding hydrogens is 242 g/mol. The van der Waals surface area contributed by atoms with Crippen LogP contribution in [0.25, 0.3) is 0 Å². The highest BCUT2D eigenvalue weighted by Crippen LogP contribution is 2.24. The molecule has 4 nitrogen and oxygen atoms in total. The number of carbonyl (C=O) groups is 2. The lowest BCUT2D eigenvalue weighted by molar-refractivity contribution is -0.138. The maximum atomic E-state index is 12.2. The van der Waals surface area contributed by atoms with Gasteiger partial charge in [0.25, 0.3) is 0 Å². The standard InChI is InChI=1S/C15H23NO3/c17-14(10-12-4-2-1-3-5-12)16-8-6-13(7-9-16)11-15(18)19/h4,13H,1-3,5-11H2,(H,18,19). The molecule has 0 bridgehead atoms. The summed E-state index contributed by atoms with van der Waals surface area (Å²) in [5.41, 5.74) is 1.30. The van der Waals surface area contributed by atoms with E-state index in [1.807, 2.05) is 4.90 Å². The van der Waals surface area contributed by atoms with Crippen molar-refractivity contribution in [1.29, 1.82) is 0 Å². The van der Waals surface area contributed by atoms with Crippen LogP contribution in [-0.2, 0) is 9.59 Å². The molecule has 0 saturated carbocycles. The van der Waals surface area contributed by atoms with Crippen molar-refractivity contribution in [2.45, 2.75) is 51.4 Å². The summed E-state index contributed by atoms with van der Waals surface area (Å²) in [6, 6.07) is 0. The Morgan fingerprint density at radius 3 is 2.58 bits per heavy atom. The maximum Gasteiger partial charge on any atom is 0.303 e. The molecule has 19 heavy (non-hydrogen) atoms. The van der Waals surface area contributed by atoms with E-state index in [9.17, 15) is 9.59 Å². The molecular formula is C15H23NO3. The van der Waals surface area contributed by atoms with E-state index in [2.05, 4.69) is 6.08 Å². The highest BCUT2D eigenvalue weighted by molar-refractivity contribution is 5.78. The molecule has 0 spiro atoms. The number of hydrogen-bond donors (Lipinski definition) is 1. The first kappa shape index (κ1) is 14.1. The predicted molar refractivity (Wildman–Crippen MR) is 72.7 cm³/mol. The van der Waals surface area contributed by atoms with E-state index in [1.54, 1.807) is 0 Å². The minimum atomic E-state index is -0.725. The molecule has 0 radical (unpaired) electrons. The van der Waals surface area contributed by atoms with Crippen molar-refractivity contribution >= 4 is 11.9 Å². The fourth-order valence-corrected chi connectivity index (χ4v) is 3.00. The van der Waals surface area contributed by atoms with Gasteiger partial charge in [0.1, 0.15) is 0 Å². The minimum Gasteiger partial charge on any atom is -0.481 e. The van der Waals surface area contributed by atoms with Gasteiger partial charge < -0.3 is 10.0 Å². The summed E-state index contributed by atoms with van der Waals surface area (Å²) < 4.78 is 0. The number of allylic oxidation sites excluding steroid dienone is 1. The molecule has 0 aromatic rings. The number of likely N-dealkylation sites (tertiary alicyclic amines) is 1. The SMILES string of the molecule is O=C(O)CC1CCN(C(=O)CC2=CCCCC2)CC1. The number of piperidine rings is 1. The molecule has 1 aliphatic carbocycles. The number of nitrogens with zero attached hydrogens (tertiary/aromatic N) is 1. The third kappa shape index (κ3) is 4.37. The van der Waals surface area contributed by atoms with E-state index in [-0.39, 0.29) is 18.2 Å². The van der Waals surface area contributed by atoms with E-state index in [1.165, 1.54) is 18.4 Å². The first-order valence-electron chi connectivity index (χ1n) is 7.32. The summed E-state index contributed by atoms with van der Waals surface area (Å²) in [5, 5.41) is 8.77. The Balaban J connectivity index is 1.76. The minimum absolute atomic E-state index is 0.224. The smallest absolute Gasteiger partial charge is 0.303 e. The Morgan fingerprint density at radius 1 is 1.26 bits per heavy atom. The topological polar surface area (TPSA) is 57.6 Å². The largest absolute Gasteiger partial charge is 0.481 e. The molecule has 1 N–H and O–H groups in total. The Kier molecular flexibility index (Phi) is 5.00. The Hall–Kier alpha value is -1.32. The monoisotopic (exact) mass is 265 g/mol. The lowest BCUT2D eigenvalue weighted by Gasteiger charge is -2.32. The zero-order chi connectivity index (χ0) is 13.7. The number of rotatable bonds is 4. The van der Waals surface area contributed by atoms with Crippen molar-refractivity contribution < 1.29 is 14.7 Å². The quantitative estimate of drug-likeness (QED) is 0.795. The van der Waals surface area contributed by atoms with Crippen LogP contribution in [0.2, 0.25) is 0 Å². The molecule has 0 atom stereocenters. The van der Waals surface area contributed by atoms with E-state index in [0.717, 1.165) is 38.8 Å². The first-order chi connectivity index (χ1) is 9.15. The van der Waals surface area contributed by atoms with Gasteiger partial charge in [0.15, 0.2) is 0 Å². The van der Waals surface area contributed by atoms with E-state index in [0.29, 0.717) is 6.42 Å². The normalized spacial score (nSPS) is 21.1. The second-order valence-electron chi connectivity index (χ2n) is 5.71. The van der Waals surface area contributed by atoms with Crippen molar-refractivity contribution in [1.82, 2.24) is 4.90 Å². The highest BCUT2D eigenvalue weighted by atomic mass is 16.4. The van der Waals surface area contributed by atoms with Crippen LogP contribution in [0.4, 0.5) is 0 Å². The molecule has 2 rings (SSSR count). The van der Waals surface area contributed by atoms with E-state index < -0.39 is 5.97 Å². The summed E-state index contributed by atoms with van der Waals surface area (Å²) in [7, 11) is 0. The zero-order valence-electron chi connectivity index (χ0n) is 11.4. The number of carbonyl (C=O) groups excluding carboxylic acids is 1. The average molecular weight is 265 g/mol. The summed E-state index contributed by atoms with van der Waals surface area (Å²) in [5.74, 6) is -0.255. The summed E-state index contributed by atoms with van der Waals surface area (Å²) in [6.07, 6.45) is 9.34. The summed E-state index contributed by atoms with van der Waals surface area (Å²) in [6.45, 7) is 1.45. The summed E-state index contributed by atoms with van der Waals surface area (Å²) in [4.78, 5) is 24.7. The maximum absolute atomic E-state index is 12.2. The van der Waals surface area contributed by atoms with Crippen LogP contribution in [0, 0.1) is 5.92 Å². The van der Waals surface area contributed by atoms with Crippen molar-refractivity contribution in [2.75, 3.05) is 13.1 Å². The Bertz CT molecular complexity index is 368. The van der Waals surface area contributed by atoms with Crippen LogP contribution < -0.4 is 0 Å². The third-order valence-electron chi connectivity index (χ3n) is 4.19. The molecule has 4 heteroatoms. The molecule has 1 amide bonds. The molecule has 1 saturated heterocycles. The van der Waals surface area contributed by atoms with Crippen LogP contribution in [0.3, 0.4) is 0 Å². The van der Waals surface area contributed by atoms with Gasteiger partial charge in [-0.15, -0.1) is 0 Å². The average Bonchev–Trinajstić information content (AvgIpc) is 2.40. The zero-order valence-corrected chi connectivity index (χ0v) is 11.4. The molecule has 0 aromatic heterocycles. The molecule has 106 valence electrons. The predicted octanol–water partition coefficient (Wildman–Crippen LogP) is 2.59. The van der Waals surface area contributed by atoms with Crippen LogP contribution in [0.15, 0.2) is 11.6 Å². The number of aliphatic carboxylic acids is 1. The first-order valence-corrected chi connectivity index (χ1v) is 7.32. The Labute approximate surface area is 114 Å². The van der Waals surface area contributed by atoms with Crippen LogP contribution in [-0.4, -0.2) is 35.0 Å². The van der Waals surface area contributed by atoms with Gasteiger partial charge in [0, 0.05) is 25.9 Å². The van der Waals surface area contributed by atoms with Crippen molar-refractivity contribution in [2.24, 2.45) is 5.92 Å². The Morgan fingerprint density at radius 2 is 2.00 bits per heavy atom. The van der Waals surface area contributed by atoms with Crippen molar-refractivity contribution in [3.63, 3.8) is 0 Å². The van der Waals surface area contributed by atoms with Gasteiger partial charge in [-0.3, -0.25) is 9.59 Å². The lowest BCUT2D eigenvalue weighted by atomic mass is 9.92. The molecule has 1 heterocycles. The molecule has 0 unspecified atom stereocenters. The van der Waals surface area contributed by atoms with Crippen molar-refractivity contribution in [3.8, 4) is 0 Å². The van der Waals surface area contributed by atoms with Crippen LogP contribution in [0.5, 0.6) is 0 Å². The number of amides is 1. The fraction of sp³-hybridized carbons (Fsp3) is 0.733. The molecule has 0 aromatic carbocycles. The second kappa shape index (κ2) is 6.73. The van der Waals surface area contributed by atoms with Gasteiger partial charge >= 0.3 is 5.97 Å². The van der Waals surface area contributed by atoms with Crippen molar-refractivity contribution in [3.05, 3.63) is 11.6 Å². The van der Waals surface area contributed by atoms with Gasteiger partial charge in [0.2, 0.25) is 5.91 Å². The third-order valence-corrected chi connectivity index (χ3v) is 4.19. The number of hydrogen-bond acceptors (Lipinski definition) is 2. The lowest BCUT2D eigenvalue weighted by Crippen LogP contribution is -2.39. The second-order valence-corrected chi connectivity index (χ2v) is 5.71. The van der Waals surface area contributed by atoms with Gasteiger partial charge in [-0.25, -0.2) is 0 Å². The molecule has 2 aliphatic rings. The van der Waals surface area contributed by atoms with Gasteiger partial charge in [-0.2, -0.15) is 0 Å². The van der Waals surface area contributed by atoms with Gasteiger partial charge in [0.05, 0.1) is 0 Å². The number of carboxylic acids is 1. The van der Waals surface area contributed by atoms with E-state index >= 15 is 0 Å². The highest BCUT2D eigenvalue weighted by Gasteiger charge is 2.24. The van der Waals surface area contributed by atoms with E-state index in [4.69, 9.17) is 5.11 Å². The summed E-state index contributed by atoms with van der Waals surface area (Å²) >= 11 is 0. The van der Waals surface area contributed by atoms with Crippen LogP contribution >= 0.6 is 0 Å². The number of carboxylic acid groups (broad SMARTS) is 1. The van der Waals surface area contributed by atoms with Gasteiger partial charge in [-0.05, 0) is 44.4 Å². The fourth-order valence-electron chi connectivity index (χ4n) is 3.00.